The van der Waals surface area contributed by atoms with Crippen LogP contribution in [0.1, 0.15) is 27.8 Å². The highest BCUT2D eigenvalue weighted by Gasteiger charge is 2.19. The smallest absolute Gasteiger partial charge is 0.358 e. The molecule has 0 saturated heterocycles. The molecular formula is C14H16N2O4. The maximum Gasteiger partial charge on any atom is 0.358 e. The number of hydrogen-bond donors (Lipinski definition) is 2. The Morgan fingerprint density at radius 2 is 2.10 bits per heavy atom. The lowest BCUT2D eigenvalue weighted by Crippen LogP contribution is -2.13. The first-order valence-corrected chi connectivity index (χ1v) is 6.13. The molecule has 20 heavy (non-hydrogen) atoms. The quantitative estimate of drug-likeness (QED) is 0.792. The van der Waals surface area contributed by atoms with Gasteiger partial charge in [0.1, 0.15) is 0 Å². The van der Waals surface area contributed by atoms with Gasteiger partial charge in [0.15, 0.2) is 5.69 Å². The number of imidazole rings is 1. The third-order valence-electron chi connectivity index (χ3n) is 3.03. The molecule has 0 unspecified atom stereocenters. The van der Waals surface area contributed by atoms with Crippen LogP contribution in [0.4, 0.5) is 0 Å². The summed E-state index contributed by atoms with van der Waals surface area (Å²) in [7, 11) is 1.25. The second kappa shape index (κ2) is 6.31. The van der Waals surface area contributed by atoms with Crippen molar-refractivity contribution < 1.29 is 19.7 Å². The summed E-state index contributed by atoms with van der Waals surface area (Å²) in [6, 6.07) is 9.14. The maximum atomic E-state index is 11.5. The SMILES string of the molecule is COC(=O)c1ncn(C[C@H](O)c2ccccc2)c1CO. The van der Waals surface area contributed by atoms with Crippen LogP contribution in [0.15, 0.2) is 36.7 Å². The Morgan fingerprint density at radius 1 is 1.40 bits per heavy atom. The molecule has 1 atom stereocenters. The largest absolute Gasteiger partial charge is 0.464 e. The van der Waals surface area contributed by atoms with E-state index in [4.69, 9.17) is 0 Å². The van der Waals surface area contributed by atoms with Crippen molar-refractivity contribution in [1.29, 1.82) is 0 Å². The standard InChI is InChI=1S/C14H16N2O4/c1-20-14(19)13-11(8-17)16(9-15-13)7-12(18)10-5-3-2-4-6-10/h2-6,9,12,17-18H,7-8H2,1H3/t12-/m0/s1. The summed E-state index contributed by atoms with van der Waals surface area (Å²) in [4.78, 5) is 15.4. The Labute approximate surface area is 116 Å². The lowest BCUT2D eigenvalue weighted by atomic mass is 10.1. The Kier molecular flexibility index (Phi) is 4.49. The molecule has 0 fully saturated rings. The fourth-order valence-corrected chi connectivity index (χ4v) is 1.96. The molecular weight excluding hydrogens is 260 g/mol. The molecule has 0 aliphatic carbocycles. The van der Waals surface area contributed by atoms with E-state index < -0.39 is 12.1 Å². The number of benzene rings is 1. The molecule has 1 heterocycles. The predicted molar refractivity (Wildman–Crippen MR) is 70.9 cm³/mol. The zero-order chi connectivity index (χ0) is 14.5. The second-order valence-electron chi connectivity index (χ2n) is 4.27. The molecule has 0 aliphatic rings. The highest BCUT2D eigenvalue weighted by molar-refractivity contribution is 5.88. The first kappa shape index (κ1) is 14.2. The van der Waals surface area contributed by atoms with Gasteiger partial charge < -0.3 is 19.5 Å². The van der Waals surface area contributed by atoms with Crippen molar-refractivity contribution in [1.82, 2.24) is 9.55 Å². The molecule has 6 heteroatoms. The van der Waals surface area contributed by atoms with Gasteiger partial charge in [-0.05, 0) is 5.56 Å². The van der Waals surface area contributed by atoms with Crippen LogP contribution in [-0.2, 0) is 17.9 Å². The Morgan fingerprint density at radius 3 is 2.70 bits per heavy atom. The minimum Gasteiger partial charge on any atom is -0.464 e. The Hall–Kier alpha value is -2.18. The van der Waals surface area contributed by atoms with Crippen molar-refractivity contribution in [2.24, 2.45) is 0 Å². The van der Waals surface area contributed by atoms with E-state index >= 15 is 0 Å². The Balaban J connectivity index is 2.22. The first-order valence-electron chi connectivity index (χ1n) is 6.13. The first-order chi connectivity index (χ1) is 9.67. The lowest BCUT2D eigenvalue weighted by molar-refractivity contribution is 0.0589. The van der Waals surface area contributed by atoms with Crippen molar-refractivity contribution >= 4 is 5.97 Å². The molecule has 0 radical (unpaired) electrons. The van der Waals surface area contributed by atoms with Crippen molar-refractivity contribution in [3.63, 3.8) is 0 Å². The van der Waals surface area contributed by atoms with E-state index in [1.165, 1.54) is 13.4 Å². The van der Waals surface area contributed by atoms with E-state index in [1.807, 2.05) is 18.2 Å². The highest BCUT2D eigenvalue weighted by Crippen LogP contribution is 2.17. The summed E-state index contributed by atoms with van der Waals surface area (Å²) in [5, 5.41) is 19.5. The van der Waals surface area contributed by atoms with Crippen LogP contribution in [0.25, 0.3) is 0 Å². The van der Waals surface area contributed by atoms with E-state index in [9.17, 15) is 15.0 Å². The zero-order valence-electron chi connectivity index (χ0n) is 11.1. The molecule has 0 saturated carbocycles. The summed E-state index contributed by atoms with van der Waals surface area (Å²) >= 11 is 0. The minimum atomic E-state index is -0.749. The van der Waals surface area contributed by atoms with Crippen LogP contribution in [0.5, 0.6) is 0 Å². The summed E-state index contributed by atoms with van der Waals surface area (Å²) in [5.74, 6) is -0.609. The van der Waals surface area contributed by atoms with Crippen molar-refractivity contribution in [3.8, 4) is 0 Å². The summed E-state index contributed by atoms with van der Waals surface area (Å²) in [6.07, 6.45) is 0.658. The van der Waals surface area contributed by atoms with Gasteiger partial charge in [0.05, 0.1) is 38.4 Å². The van der Waals surface area contributed by atoms with Crippen molar-refractivity contribution in [2.45, 2.75) is 19.3 Å². The van der Waals surface area contributed by atoms with E-state index in [-0.39, 0.29) is 18.8 Å². The number of esters is 1. The summed E-state index contributed by atoms with van der Waals surface area (Å²) in [5.41, 5.74) is 1.15. The molecule has 6 nitrogen and oxygen atoms in total. The fraction of sp³-hybridized carbons (Fsp3) is 0.286. The van der Waals surface area contributed by atoms with Gasteiger partial charge in [-0.1, -0.05) is 30.3 Å². The number of carbonyl (C=O) groups excluding carboxylic acids is 1. The number of methoxy groups -OCH3 is 1. The third kappa shape index (κ3) is 2.87. The number of aliphatic hydroxyl groups is 2. The minimum absolute atomic E-state index is 0.0651. The Bertz CT molecular complexity index is 580. The van der Waals surface area contributed by atoms with Crippen LogP contribution < -0.4 is 0 Å². The van der Waals surface area contributed by atoms with Crippen LogP contribution in [0.2, 0.25) is 0 Å². The van der Waals surface area contributed by atoms with Gasteiger partial charge in [-0.25, -0.2) is 9.78 Å². The van der Waals surface area contributed by atoms with Gasteiger partial charge in [-0.3, -0.25) is 0 Å². The van der Waals surface area contributed by atoms with Crippen LogP contribution >= 0.6 is 0 Å². The van der Waals surface area contributed by atoms with Crippen LogP contribution in [-0.4, -0.2) is 32.8 Å². The van der Waals surface area contributed by atoms with Gasteiger partial charge in [0, 0.05) is 0 Å². The van der Waals surface area contributed by atoms with Gasteiger partial charge in [0.2, 0.25) is 0 Å². The van der Waals surface area contributed by atoms with Gasteiger partial charge in [-0.15, -0.1) is 0 Å². The van der Waals surface area contributed by atoms with Crippen LogP contribution in [0.3, 0.4) is 0 Å². The number of nitrogens with zero attached hydrogens (tertiary/aromatic N) is 2. The molecule has 2 N–H and O–H groups in total. The number of aliphatic hydroxyl groups excluding tert-OH is 2. The molecule has 0 bridgehead atoms. The van der Waals surface area contributed by atoms with Crippen molar-refractivity contribution in [3.05, 3.63) is 53.6 Å². The summed E-state index contributed by atoms with van der Waals surface area (Å²) < 4.78 is 6.14. The molecule has 0 spiro atoms. The average Bonchev–Trinajstić information content (AvgIpc) is 2.89. The number of carbonyl (C=O) groups is 1. The zero-order valence-corrected chi connectivity index (χ0v) is 11.1. The summed E-state index contributed by atoms with van der Waals surface area (Å²) in [6.45, 7) is -0.157. The number of aromatic nitrogens is 2. The number of hydrogen-bond acceptors (Lipinski definition) is 5. The van der Waals surface area contributed by atoms with Gasteiger partial charge in [0.25, 0.3) is 0 Å². The molecule has 2 aromatic rings. The predicted octanol–water partition coefficient (Wildman–Crippen LogP) is 0.896. The molecule has 1 aromatic heterocycles. The van der Waals surface area contributed by atoms with Gasteiger partial charge in [-0.2, -0.15) is 0 Å². The molecule has 2 rings (SSSR count). The van der Waals surface area contributed by atoms with E-state index in [1.54, 1.807) is 16.7 Å². The van der Waals surface area contributed by atoms with E-state index in [0.717, 1.165) is 5.56 Å². The third-order valence-corrected chi connectivity index (χ3v) is 3.03. The normalized spacial score (nSPS) is 12.2. The lowest BCUT2D eigenvalue weighted by Gasteiger charge is -2.13. The maximum absolute atomic E-state index is 11.5. The van der Waals surface area contributed by atoms with E-state index in [0.29, 0.717) is 5.69 Å². The fourth-order valence-electron chi connectivity index (χ4n) is 1.96. The average molecular weight is 276 g/mol. The van der Waals surface area contributed by atoms with E-state index in [2.05, 4.69) is 9.72 Å². The molecule has 106 valence electrons. The monoisotopic (exact) mass is 276 g/mol. The second-order valence-corrected chi connectivity index (χ2v) is 4.27. The van der Waals surface area contributed by atoms with Crippen LogP contribution in [0, 0.1) is 0 Å². The number of rotatable bonds is 5. The highest BCUT2D eigenvalue weighted by atomic mass is 16.5. The molecule has 0 aliphatic heterocycles. The topological polar surface area (TPSA) is 84.6 Å². The van der Waals surface area contributed by atoms with Gasteiger partial charge >= 0.3 is 5.97 Å². The van der Waals surface area contributed by atoms with Crippen molar-refractivity contribution in [2.75, 3.05) is 7.11 Å². The molecule has 0 amide bonds. The molecule has 1 aromatic carbocycles. The number of ether oxygens (including phenoxy) is 1.